The molecular formula is C12H12BrN3. The zero-order valence-corrected chi connectivity index (χ0v) is 10.3. The third kappa shape index (κ3) is 3.03. The summed E-state index contributed by atoms with van der Waals surface area (Å²) in [4.78, 5) is 0. The Labute approximate surface area is 103 Å². The predicted molar refractivity (Wildman–Crippen MR) is 68.0 cm³/mol. The van der Waals surface area contributed by atoms with Crippen molar-refractivity contribution in [2.75, 3.05) is 5.73 Å². The Hall–Kier alpha value is -1.42. The maximum Gasteiger partial charge on any atom is 0.146 e. The van der Waals surface area contributed by atoms with Crippen LogP contribution < -0.4 is 5.73 Å². The standard InChI is InChI=1S/C12H12BrN3/c13-10-4-1-9(2-5-10)3-6-11-7-8-12(14)16-15-11/h1-2,4-5,7-8H,3,6H2,(H2,14,16). The SMILES string of the molecule is Nc1ccc(CCc2ccc(Br)cc2)nn1. The molecule has 0 unspecified atom stereocenters. The smallest absolute Gasteiger partial charge is 0.146 e. The van der Waals surface area contributed by atoms with Gasteiger partial charge in [-0.15, -0.1) is 5.10 Å². The quantitative estimate of drug-likeness (QED) is 0.938. The Bertz CT molecular complexity index is 405. The molecule has 2 aromatic rings. The van der Waals surface area contributed by atoms with Gasteiger partial charge in [-0.1, -0.05) is 28.1 Å². The number of hydrogen-bond acceptors (Lipinski definition) is 3. The van der Waals surface area contributed by atoms with Gasteiger partial charge in [0, 0.05) is 4.47 Å². The van der Waals surface area contributed by atoms with Crippen LogP contribution in [0.1, 0.15) is 11.3 Å². The summed E-state index contributed by atoms with van der Waals surface area (Å²) in [5.74, 6) is 0.465. The van der Waals surface area contributed by atoms with E-state index in [1.165, 1.54) is 5.56 Å². The number of rotatable bonds is 3. The van der Waals surface area contributed by atoms with Gasteiger partial charge < -0.3 is 5.73 Å². The Morgan fingerprint density at radius 3 is 2.31 bits per heavy atom. The molecule has 1 aromatic heterocycles. The highest BCUT2D eigenvalue weighted by molar-refractivity contribution is 9.10. The van der Waals surface area contributed by atoms with E-state index < -0.39 is 0 Å². The van der Waals surface area contributed by atoms with Crippen LogP contribution in [0.15, 0.2) is 40.9 Å². The first-order valence-corrected chi connectivity index (χ1v) is 5.86. The van der Waals surface area contributed by atoms with Crippen LogP contribution in [-0.4, -0.2) is 10.2 Å². The van der Waals surface area contributed by atoms with Gasteiger partial charge in [0.05, 0.1) is 5.69 Å². The van der Waals surface area contributed by atoms with Gasteiger partial charge in [0.15, 0.2) is 0 Å². The molecule has 0 aliphatic heterocycles. The fraction of sp³-hybridized carbons (Fsp3) is 0.167. The van der Waals surface area contributed by atoms with E-state index >= 15 is 0 Å². The minimum Gasteiger partial charge on any atom is -0.382 e. The van der Waals surface area contributed by atoms with Gasteiger partial charge in [0.2, 0.25) is 0 Å². The molecule has 1 heterocycles. The van der Waals surface area contributed by atoms with Crippen LogP contribution in [0, 0.1) is 0 Å². The monoisotopic (exact) mass is 277 g/mol. The molecule has 4 heteroatoms. The molecule has 1 aromatic carbocycles. The minimum absolute atomic E-state index is 0.465. The molecule has 2 N–H and O–H groups in total. The van der Waals surface area contributed by atoms with Crippen molar-refractivity contribution in [2.45, 2.75) is 12.8 Å². The Morgan fingerprint density at radius 2 is 1.69 bits per heavy atom. The maximum atomic E-state index is 5.47. The minimum atomic E-state index is 0.465. The first-order valence-electron chi connectivity index (χ1n) is 5.06. The molecule has 0 saturated carbocycles. The molecule has 0 atom stereocenters. The second-order valence-corrected chi connectivity index (χ2v) is 4.49. The lowest BCUT2D eigenvalue weighted by Gasteiger charge is -2.01. The van der Waals surface area contributed by atoms with Gasteiger partial charge in [-0.3, -0.25) is 0 Å². The Kier molecular flexibility index (Phi) is 3.51. The number of benzene rings is 1. The number of halogens is 1. The van der Waals surface area contributed by atoms with E-state index in [0.717, 1.165) is 23.0 Å². The maximum absolute atomic E-state index is 5.47. The normalized spacial score (nSPS) is 10.3. The summed E-state index contributed by atoms with van der Waals surface area (Å²) in [6.07, 6.45) is 1.85. The van der Waals surface area contributed by atoms with E-state index in [0.29, 0.717) is 5.82 Å². The third-order valence-electron chi connectivity index (χ3n) is 2.32. The fourth-order valence-corrected chi connectivity index (χ4v) is 1.69. The summed E-state index contributed by atoms with van der Waals surface area (Å²) in [5.41, 5.74) is 7.73. The lowest BCUT2D eigenvalue weighted by Crippen LogP contribution is -1.98. The molecule has 0 amide bonds. The number of hydrogen-bond donors (Lipinski definition) is 1. The van der Waals surface area contributed by atoms with Crippen molar-refractivity contribution in [1.29, 1.82) is 0 Å². The molecule has 0 fully saturated rings. The molecule has 2 rings (SSSR count). The molecular weight excluding hydrogens is 266 g/mol. The largest absolute Gasteiger partial charge is 0.382 e. The molecule has 0 aliphatic rings. The molecule has 0 radical (unpaired) electrons. The van der Waals surface area contributed by atoms with Crippen molar-refractivity contribution in [3.8, 4) is 0 Å². The van der Waals surface area contributed by atoms with Crippen molar-refractivity contribution in [3.05, 3.63) is 52.1 Å². The zero-order valence-electron chi connectivity index (χ0n) is 8.73. The van der Waals surface area contributed by atoms with E-state index in [4.69, 9.17) is 5.73 Å². The van der Waals surface area contributed by atoms with E-state index in [1.54, 1.807) is 6.07 Å². The van der Waals surface area contributed by atoms with Gasteiger partial charge in [-0.25, -0.2) is 0 Å². The van der Waals surface area contributed by atoms with Crippen LogP contribution in [0.4, 0.5) is 5.82 Å². The molecule has 82 valence electrons. The lowest BCUT2D eigenvalue weighted by molar-refractivity contribution is 0.863. The van der Waals surface area contributed by atoms with Gasteiger partial charge >= 0.3 is 0 Å². The Morgan fingerprint density at radius 1 is 0.938 bits per heavy atom. The van der Waals surface area contributed by atoms with E-state index in [2.05, 4.69) is 38.3 Å². The van der Waals surface area contributed by atoms with Crippen molar-refractivity contribution < 1.29 is 0 Å². The van der Waals surface area contributed by atoms with Crippen LogP contribution in [-0.2, 0) is 12.8 Å². The second kappa shape index (κ2) is 5.07. The van der Waals surface area contributed by atoms with Crippen LogP contribution in [0.5, 0.6) is 0 Å². The summed E-state index contributed by atoms with van der Waals surface area (Å²) in [6, 6.07) is 12.0. The highest BCUT2D eigenvalue weighted by atomic mass is 79.9. The average molecular weight is 278 g/mol. The summed E-state index contributed by atoms with van der Waals surface area (Å²) in [7, 11) is 0. The predicted octanol–water partition coefficient (Wildman–Crippen LogP) is 2.61. The topological polar surface area (TPSA) is 51.8 Å². The van der Waals surface area contributed by atoms with E-state index in [9.17, 15) is 0 Å². The third-order valence-corrected chi connectivity index (χ3v) is 2.85. The molecule has 0 saturated heterocycles. The molecule has 3 nitrogen and oxygen atoms in total. The number of nitrogen functional groups attached to an aromatic ring is 1. The highest BCUT2D eigenvalue weighted by Crippen LogP contribution is 2.12. The van der Waals surface area contributed by atoms with Crippen molar-refractivity contribution >= 4 is 21.7 Å². The van der Waals surface area contributed by atoms with E-state index in [1.807, 2.05) is 18.2 Å². The number of nitrogens with two attached hydrogens (primary N) is 1. The highest BCUT2D eigenvalue weighted by Gasteiger charge is 1.98. The Balaban J connectivity index is 1.97. The van der Waals surface area contributed by atoms with Crippen LogP contribution in [0.25, 0.3) is 0 Å². The number of anilines is 1. The molecule has 0 spiro atoms. The average Bonchev–Trinajstić information content (AvgIpc) is 2.30. The van der Waals surface area contributed by atoms with Crippen molar-refractivity contribution in [1.82, 2.24) is 10.2 Å². The fourth-order valence-electron chi connectivity index (χ4n) is 1.43. The first kappa shape index (κ1) is 11.1. The summed E-state index contributed by atoms with van der Waals surface area (Å²) in [5, 5.41) is 7.85. The molecule has 0 bridgehead atoms. The summed E-state index contributed by atoms with van der Waals surface area (Å²) in [6.45, 7) is 0. The van der Waals surface area contributed by atoms with Gasteiger partial charge in [-0.2, -0.15) is 5.10 Å². The molecule has 0 aliphatic carbocycles. The van der Waals surface area contributed by atoms with Crippen molar-refractivity contribution in [2.24, 2.45) is 0 Å². The first-order chi connectivity index (χ1) is 7.74. The molecule has 16 heavy (non-hydrogen) atoms. The van der Waals surface area contributed by atoms with Crippen LogP contribution >= 0.6 is 15.9 Å². The van der Waals surface area contributed by atoms with Crippen LogP contribution in [0.2, 0.25) is 0 Å². The summed E-state index contributed by atoms with van der Waals surface area (Å²) >= 11 is 3.41. The van der Waals surface area contributed by atoms with E-state index in [-0.39, 0.29) is 0 Å². The van der Waals surface area contributed by atoms with Crippen molar-refractivity contribution in [3.63, 3.8) is 0 Å². The lowest BCUT2D eigenvalue weighted by atomic mass is 10.1. The number of aromatic nitrogens is 2. The van der Waals surface area contributed by atoms with Gasteiger partial charge in [0.25, 0.3) is 0 Å². The number of aryl methyl sites for hydroxylation is 2. The number of nitrogens with zero attached hydrogens (tertiary/aromatic N) is 2. The second-order valence-electron chi connectivity index (χ2n) is 3.58. The van der Waals surface area contributed by atoms with Crippen LogP contribution in [0.3, 0.4) is 0 Å². The summed E-state index contributed by atoms with van der Waals surface area (Å²) < 4.78 is 1.10. The zero-order chi connectivity index (χ0) is 11.4. The van der Waals surface area contributed by atoms with Gasteiger partial charge in [-0.05, 0) is 42.7 Å². The van der Waals surface area contributed by atoms with Gasteiger partial charge in [0.1, 0.15) is 5.82 Å².